The molecule has 0 aliphatic heterocycles. The van der Waals surface area contributed by atoms with E-state index in [1.807, 2.05) is 37.4 Å². The van der Waals surface area contributed by atoms with Gasteiger partial charge >= 0.3 is 0 Å². The number of nitrogens with zero attached hydrogens (tertiary/aromatic N) is 1. The van der Waals surface area contributed by atoms with Crippen LogP contribution in [0.1, 0.15) is 26.7 Å². The molecule has 2 amide bonds. The zero-order valence-electron chi connectivity index (χ0n) is 14.1. The van der Waals surface area contributed by atoms with E-state index in [1.165, 1.54) is 4.90 Å². The van der Waals surface area contributed by atoms with Crippen molar-refractivity contribution < 1.29 is 9.59 Å². The molecule has 0 aromatic heterocycles. The summed E-state index contributed by atoms with van der Waals surface area (Å²) in [5.41, 5.74) is 5.84. The van der Waals surface area contributed by atoms with Crippen LogP contribution < -0.4 is 11.1 Å². The maximum absolute atomic E-state index is 12.3. The lowest BCUT2D eigenvalue weighted by Gasteiger charge is -2.28. The van der Waals surface area contributed by atoms with Crippen LogP contribution in [-0.2, 0) is 9.59 Å². The summed E-state index contributed by atoms with van der Waals surface area (Å²) in [5, 5.41) is 2.84. The fraction of sp³-hybridized carbons (Fsp3) is 0.500. The molecule has 0 spiro atoms. The SMILES string of the molecule is CCCC(C)(N)C(=O)N(C)CC(=O)Nc1ccccc1SC.Cl. The smallest absolute Gasteiger partial charge is 0.244 e. The monoisotopic (exact) mass is 359 g/mol. The summed E-state index contributed by atoms with van der Waals surface area (Å²) in [7, 11) is 1.60. The van der Waals surface area contributed by atoms with E-state index in [0.29, 0.717) is 6.42 Å². The summed E-state index contributed by atoms with van der Waals surface area (Å²) in [5.74, 6) is -0.452. The zero-order chi connectivity index (χ0) is 16.8. The lowest BCUT2D eigenvalue weighted by Crippen LogP contribution is -2.53. The molecule has 1 aromatic rings. The number of rotatable bonds is 7. The summed E-state index contributed by atoms with van der Waals surface area (Å²) in [6, 6.07) is 7.56. The van der Waals surface area contributed by atoms with Gasteiger partial charge in [0, 0.05) is 11.9 Å². The first-order valence-corrected chi connectivity index (χ1v) is 8.51. The molecule has 0 radical (unpaired) electrons. The van der Waals surface area contributed by atoms with Crippen LogP contribution in [0.25, 0.3) is 0 Å². The van der Waals surface area contributed by atoms with Gasteiger partial charge in [0.1, 0.15) is 0 Å². The third-order valence-electron chi connectivity index (χ3n) is 3.37. The van der Waals surface area contributed by atoms with Gasteiger partial charge in [0.15, 0.2) is 0 Å². The number of carbonyl (C=O) groups excluding carboxylic acids is 2. The van der Waals surface area contributed by atoms with Crippen molar-refractivity contribution >= 4 is 41.7 Å². The Morgan fingerprint density at radius 3 is 2.52 bits per heavy atom. The summed E-state index contributed by atoms with van der Waals surface area (Å²) < 4.78 is 0. The number of nitrogens with two attached hydrogens (primary N) is 1. The average Bonchev–Trinajstić information content (AvgIpc) is 2.46. The molecule has 7 heteroatoms. The first-order valence-electron chi connectivity index (χ1n) is 7.29. The Kier molecular flexibility index (Phi) is 9.27. The molecule has 0 saturated heterocycles. The molecule has 0 bridgehead atoms. The Labute approximate surface area is 148 Å². The Morgan fingerprint density at radius 2 is 1.96 bits per heavy atom. The molecule has 130 valence electrons. The molecule has 0 heterocycles. The fourth-order valence-corrected chi connectivity index (χ4v) is 2.84. The first kappa shape index (κ1) is 21.8. The number of anilines is 1. The number of benzene rings is 1. The Balaban J connectivity index is 0.00000484. The largest absolute Gasteiger partial charge is 0.335 e. The standard InChI is InChI=1S/C16H25N3O2S.ClH/c1-5-10-16(2,17)15(21)19(3)11-14(20)18-12-8-6-7-9-13(12)22-4;/h6-9H,5,10-11,17H2,1-4H3,(H,18,20);1H. The van der Waals surface area contributed by atoms with E-state index in [0.717, 1.165) is 17.0 Å². The maximum atomic E-state index is 12.3. The van der Waals surface area contributed by atoms with Crippen LogP contribution in [0.5, 0.6) is 0 Å². The van der Waals surface area contributed by atoms with Crippen molar-refractivity contribution in [1.82, 2.24) is 4.90 Å². The van der Waals surface area contributed by atoms with Gasteiger partial charge in [-0.2, -0.15) is 0 Å². The van der Waals surface area contributed by atoms with Gasteiger partial charge < -0.3 is 16.0 Å². The van der Waals surface area contributed by atoms with E-state index in [2.05, 4.69) is 5.32 Å². The van der Waals surface area contributed by atoms with E-state index in [-0.39, 0.29) is 30.8 Å². The Bertz CT molecular complexity index is 538. The molecule has 0 aliphatic rings. The van der Waals surface area contributed by atoms with Gasteiger partial charge in [0.05, 0.1) is 17.8 Å². The topological polar surface area (TPSA) is 75.4 Å². The van der Waals surface area contributed by atoms with Crippen molar-refractivity contribution in [3.05, 3.63) is 24.3 Å². The predicted molar refractivity (Wildman–Crippen MR) is 99.2 cm³/mol. The van der Waals surface area contributed by atoms with Crippen LogP contribution in [0.2, 0.25) is 0 Å². The lowest BCUT2D eigenvalue weighted by atomic mass is 9.96. The van der Waals surface area contributed by atoms with Crippen LogP contribution in [0, 0.1) is 0 Å². The van der Waals surface area contributed by atoms with Crippen molar-refractivity contribution in [3.8, 4) is 0 Å². The quantitative estimate of drug-likeness (QED) is 0.734. The average molecular weight is 360 g/mol. The van der Waals surface area contributed by atoms with Gasteiger partial charge in [0.25, 0.3) is 0 Å². The number of para-hydroxylation sites is 1. The number of likely N-dealkylation sites (N-methyl/N-ethyl adjacent to an activating group) is 1. The van der Waals surface area contributed by atoms with Gasteiger partial charge in [-0.05, 0) is 31.7 Å². The van der Waals surface area contributed by atoms with E-state index in [1.54, 1.807) is 25.7 Å². The molecule has 5 nitrogen and oxygen atoms in total. The summed E-state index contributed by atoms with van der Waals surface area (Å²) in [4.78, 5) is 26.8. The molecule has 0 saturated carbocycles. The second-order valence-electron chi connectivity index (χ2n) is 5.58. The highest BCUT2D eigenvalue weighted by Crippen LogP contribution is 2.24. The molecular formula is C16H26ClN3O2S. The van der Waals surface area contributed by atoms with Crippen LogP contribution in [-0.4, -0.2) is 42.1 Å². The highest BCUT2D eigenvalue weighted by molar-refractivity contribution is 7.98. The number of nitrogens with one attached hydrogen (secondary N) is 1. The predicted octanol–water partition coefficient (Wildman–Crippen LogP) is 2.74. The third kappa shape index (κ3) is 6.41. The van der Waals surface area contributed by atoms with Crippen molar-refractivity contribution in [3.63, 3.8) is 0 Å². The van der Waals surface area contributed by atoms with Crippen LogP contribution in [0.15, 0.2) is 29.2 Å². The number of carbonyl (C=O) groups is 2. The second kappa shape index (κ2) is 9.80. The van der Waals surface area contributed by atoms with E-state index in [9.17, 15) is 9.59 Å². The molecule has 23 heavy (non-hydrogen) atoms. The minimum atomic E-state index is -0.930. The van der Waals surface area contributed by atoms with Crippen molar-refractivity contribution in [2.24, 2.45) is 5.73 Å². The highest BCUT2D eigenvalue weighted by Gasteiger charge is 2.30. The molecular weight excluding hydrogens is 334 g/mol. The normalized spacial score (nSPS) is 12.7. The van der Waals surface area contributed by atoms with Crippen molar-refractivity contribution in [1.29, 1.82) is 0 Å². The summed E-state index contributed by atoms with van der Waals surface area (Å²) in [6.07, 6.45) is 3.36. The number of halogens is 1. The maximum Gasteiger partial charge on any atom is 0.244 e. The molecule has 0 fully saturated rings. The summed E-state index contributed by atoms with van der Waals surface area (Å²) >= 11 is 1.56. The first-order chi connectivity index (χ1) is 10.3. The number of hydrogen-bond acceptors (Lipinski definition) is 4. The summed E-state index contributed by atoms with van der Waals surface area (Å²) in [6.45, 7) is 3.67. The molecule has 1 rings (SSSR count). The van der Waals surface area contributed by atoms with Gasteiger partial charge in [-0.1, -0.05) is 25.5 Å². The van der Waals surface area contributed by atoms with Gasteiger partial charge in [-0.15, -0.1) is 24.2 Å². The molecule has 1 aromatic carbocycles. The van der Waals surface area contributed by atoms with Crippen molar-refractivity contribution in [2.75, 3.05) is 25.2 Å². The molecule has 0 aliphatic carbocycles. The number of hydrogen-bond donors (Lipinski definition) is 2. The van der Waals surface area contributed by atoms with Gasteiger partial charge in [0.2, 0.25) is 11.8 Å². The van der Waals surface area contributed by atoms with Crippen LogP contribution in [0.3, 0.4) is 0 Å². The Morgan fingerprint density at radius 1 is 1.35 bits per heavy atom. The molecule has 1 unspecified atom stereocenters. The van der Waals surface area contributed by atoms with E-state index < -0.39 is 5.54 Å². The van der Waals surface area contributed by atoms with E-state index >= 15 is 0 Å². The van der Waals surface area contributed by atoms with Crippen molar-refractivity contribution in [2.45, 2.75) is 37.1 Å². The van der Waals surface area contributed by atoms with Gasteiger partial charge in [-0.25, -0.2) is 0 Å². The fourth-order valence-electron chi connectivity index (χ4n) is 2.29. The minimum absolute atomic E-state index is 0. The van der Waals surface area contributed by atoms with Gasteiger partial charge in [-0.3, -0.25) is 9.59 Å². The van der Waals surface area contributed by atoms with E-state index in [4.69, 9.17) is 5.73 Å². The highest BCUT2D eigenvalue weighted by atomic mass is 35.5. The zero-order valence-corrected chi connectivity index (χ0v) is 15.7. The Hall–Kier alpha value is -1.24. The molecule has 3 N–H and O–H groups in total. The molecule has 1 atom stereocenters. The minimum Gasteiger partial charge on any atom is -0.335 e. The van der Waals surface area contributed by atoms with Crippen LogP contribution >= 0.6 is 24.2 Å². The second-order valence-corrected chi connectivity index (χ2v) is 6.43. The third-order valence-corrected chi connectivity index (χ3v) is 4.16. The number of thioether (sulfide) groups is 1. The number of amides is 2. The lowest BCUT2D eigenvalue weighted by molar-refractivity contribution is -0.137. The van der Waals surface area contributed by atoms with Crippen LogP contribution in [0.4, 0.5) is 5.69 Å².